The lowest BCUT2D eigenvalue weighted by molar-refractivity contribution is -0.180. The van der Waals surface area contributed by atoms with Crippen molar-refractivity contribution < 1.29 is 9.90 Å². The van der Waals surface area contributed by atoms with Crippen LogP contribution in [0.4, 0.5) is 0 Å². The average molecular weight is 322 g/mol. The van der Waals surface area contributed by atoms with Gasteiger partial charge in [0, 0.05) is 31.0 Å². The molecule has 1 unspecified atom stereocenters. The van der Waals surface area contributed by atoms with E-state index >= 15 is 0 Å². The van der Waals surface area contributed by atoms with Gasteiger partial charge in [-0.1, -0.05) is 0 Å². The molecule has 3 aliphatic rings. The van der Waals surface area contributed by atoms with Gasteiger partial charge in [0.2, 0.25) is 5.91 Å². The first-order valence-corrected chi connectivity index (χ1v) is 9.57. The molecular formula is C19H34N2O2. The van der Waals surface area contributed by atoms with Gasteiger partial charge in [-0.25, -0.2) is 0 Å². The molecule has 2 heterocycles. The fourth-order valence-corrected chi connectivity index (χ4v) is 4.86. The summed E-state index contributed by atoms with van der Waals surface area (Å²) in [6.07, 6.45) is 7.09. The molecule has 0 aromatic rings. The highest BCUT2D eigenvalue weighted by Gasteiger charge is 2.55. The van der Waals surface area contributed by atoms with E-state index in [1.807, 2.05) is 6.92 Å². The molecule has 1 amide bonds. The van der Waals surface area contributed by atoms with Crippen molar-refractivity contribution in [3.05, 3.63) is 0 Å². The molecule has 1 atom stereocenters. The fraction of sp³-hybridized carbons (Fsp3) is 0.947. The molecule has 2 aliphatic heterocycles. The van der Waals surface area contributed by atoms with Crippen molar-refractivity contribution in [3.63, 3.8) is 0 Å². The fourth-order valence-electron chi connectivity index (χ4n) is 4.86. The number of hydrogen-bond acceptors (Lipinski definition) is 3. The summed E-state index contributed by atoms with van der Waals surface area (Å²) in [5.74, 6) is 0.919. The Morgan fingerprint density at radius 2 is 1.70 bits per heavy atom. The molecule has 2 saturated heterocycles. The largest absolute Gasteiger partial charge is 0.390 e. The first-order valence-electron chi connectivity index (χ1n) is 9.57. The van der Waals surface area contributed by atoms with Crippen molar-refractivity contribution >= 4 is 5.91 Å². The molecule has 3 rings (SSSR count). The molecule has 1 N–H and O–H groups in total. The van der Waals surface area contributed by atoms with Crippen LogP contribution in [0.15, 0.2) is 0 Å². The number of carbonyl (C=O) groups is 1. The Bertz CT molecular complexity index is 431. The number of hydrogen-bond donors (Lipinski definition) is 1. The summed E-state index contributed by atoms with van der Waals surface area (Å²) in [5, 5.41) is 10.4. The highest BCUT2D eigenvalue weighted by Crippen LogP contribution is 2.56. The Morgan fingerprint density at radius 1 is 1.09 bits per heavy atom. The van der Waals surface area contributed by atoms with Gasteiger partial charge in [-0.05, 0) is 78.3 Å². The van der Waals surface area contributed by atoms with Crippen molar-refractivity contribution in [2.24, 2.45) is 11.3 Å². The van der Waals surface area contributed by atoms with Gasteiger partial charge in [0.25, 0.3) is 0 Å². The minimum atomic E-state index is -0.494. The normalized spacial score (nSPS) is 32.3. The van der Waals surface area contributed by atoms with Crippen molar-refractivity contribution in [1.82, 2.24) is 9.80 Å². The minimum Gasteiger partial charge on any atom is -0.390 e. The van der Waals surface area contributed by atoms with Gasteiger partial charge < -0.3 is 14.9 Å². The van der Waals surface area contributed by atoms with Gasteiger partial charge in [0.1, 0.15) is 0 Å². The van der Waals surface area contributed by atoms with E-state index in [0.29, 0.717) is 17.9 Å². The zero-order valence-electron chi connectivity index (χ0n) is 15.2. The number of rotatable bonds is 3. The standard InChI is InChI=1S/C19H34N2O2/c1-15(2)20-10-4-16(5-11-20)14-17(22)21-12-8-19(9-13-21)7-6-18(19,3)23/h15-16,23H,4-14H2,1-3H3. The van der Waals surface area contributed by atoms with Crippen LogP contribution in [0.1, 0.15) is 65.7 Å². The highest BCUT2D eigenvalue weighted by molar-refractivity contribution is 5.76. The third-order valence-corrected chi connectivity index (χ3v) is 7.15. The Labute approximate surface area is 141 Å². The summed E-state index contributed by atoms with van der Waals surface area (Å²) in [7, 11) is 0. The molecule has 4 heteroatoms. The Kier molecular flexibility index (Phi) is 4.76. The lowest BCUT2D eigenvalue weighted by Gasteiger charge is -2.58. The third kappa shape index (κ3) is 3.30. The lowest BCUT2D eigenvalue weighted by Crippen LogP contribution is -2.60. The first kappa shape index (κ1) is 17.2. The summed E-state index contributed by atoms with van der Waals surface area (Å²) in [5.41, 5.74) is -0.391. The number of amides is 1. The number of piperidine rings is 2. The van der Waals surface area contributed by atoms with E-state index in [-0.39, 0.29) is 5.41 Å². The average Bonchev–Trinajstić information content (AvgIpc) is 2.54. The van der Waals surface area contributed by atoms with Gasteiger partial charge in [0.15, 0.2) is 0 Å². The maximum atomic E-state index is 12.6. The van der Waals surface area contributed by atoms with Crippen LogP contribution in [-0.2, 0) is 4.79 Å². The van der Waals surface area contributed by atoms with Crippen LogP contribution >= 0.6 is 0 Å². The molecule has 0 aromatic carbocycles. The van der Waals surface area contributed by atoms with E-state index in [1.165, 1.54) is 0 Å². The van der Waals surface area contributed by atoms with E-state index in [4.69, 9.17) is 0 Å². The topological polar surface area (TPSA) is 43.8 Å². The summed E-state index contributed by atoms with van der Waals surface area (Å²) in [6, 6.07) is 0.625. The Hall–Kier alpha value is -0.610. The molecule has 0 bridgehead atoms. The molecule has 0 aromatic heterocycles. The van der Waals surface area contributed by atoms with Crippen LogP contribution < -0.4 is 0 Å². The third-order valence-electron chi connectivity index (χ3n) is 7.15. The summed E-state index contributed by atoms with van der Waals surface area (Å²) >= 11 is 0. The first-order chi connectivity index (χ1) is 10.8. The van der Waals surface area contributed by atoms with Gasteiger partial charge in [-0.15, -0.1) is 0 Å². The molecule has 1 aliphatic carbocycles. The number of nitrogens with zero attached hydrogens (tertiary/aromatic N) is 2. The molecule has 1 saturated carbocycles. The smallest absolute Gasteiger partial charge is 0.222 e. The van der Waals surface area contributed by atoms with Crippen LogP contribution in [0.5, 0.6) is 0 Å². The summed E-state index contributed by atoms with van der Waals surface area (Å²) in [6.45, 7) is 10.5. The molecule has 4 nitrogen and oxygen atoms in total. The van der Waals surface area contributed by atoms with Gasteiger partial charge in [-0.3, -0.25) is 4.79 Å². The zero-order valence-corrected chi connectivity index (χ0v) is 15.2. The van der Waals surface area contributed by atoms with Crippen LogP contribution in [0.3, 0.4) is 0 Å². The lowest BCUT2D eigenvalue weighted by atomic mass is 9.53. The number of likely N-dealkylation sites (tertiary alicyclic amines) is 2. The Balaban J connectivity index is 1.44. The molecule has 1 spiro atoms. The van der Waals surface area contributed by atoms with Crippen molar-refractivity contribution in [1.29, 1.82) is 0 Å². The molecule has 23 heavy (non-hydrogen) atoms. The highest BCUT2D eigenvalue weighted by atomic mass is 16.3. The van der Waals surface area contributed by atoms with Gasteiger partial charge >= 0.3 is 0 Å². The van der Waals surface area contributed by atoms with E-state index in [9.17, 15) is 9.90 Å². The van der Waals surface area contributed by atoms with Crippen molar-refractivity contribution in [2.75, 3.05) is 26.2 Å². The van der Waals surface area contributed by atoms with E-state index in [2.05, 4.69) is 23.6 Å². The summed E-state index contributed by atoms with van der Waals surface area (Å²) in [4.78, 5) is 17.2. The second-order valence-electron chi connectivity index (χ2n) is 8.71. The van der Waals surface area contributed by atoms with E-state index < -0.39 is 5.60 Å². The number of aliphatic hydroxyl groups is 1. The monoisotopic (exact) mass is 322 g/mol. The van der Waals surface area contributed by atoms with Gasteiger partial charge in [0.05, 0.1) is 5.60 Å². The zero-order chi connectivity index (χ0) is 16.7. The molecule has 132 valence electrons. The van der Waals surface area contributed by atoms with Crippen molar-refractivity contribution in [3.8, 4) is 0 Å². The minimum absolute atomic E-state index is 0.104. The molecule has 3 fully saturated rings. The van der Waals surface area contributed by atoms with Crippen LogP contribution in [0.25, 0.3) is 0 Å². The molecular weight excluding hydrogens is 288 g/mol. The van der Waals surface area contributed by atoms with Crippen LogP contribution in [-0.4, -0.2) is 58.6 Å². The maximum absolute atomic E-state index is 12.6. The van der Waals surface area contributed by atoms with Crippen LogP contribution in [0.2, 0.25) is 0 Å². The second kappa shape index (κ2) is 6.36. The van der Waals surface area contributed by atoms with E-state index in [0.717, 1.165) is 71.1 Å². The SMILES string of the molecule is CC(C)N1CCC(CC(=O)N2CCC3(CC2)CCC3(C)O)CC1. The molecule has 0 radical (unpaired) electrons. The summed E-state index contributed by atoms with van der Waals surface area (Å²) < 4.78 is 0. The van der Waals surface area contributed by atoms with Gasteiger partial charge in [-0.2, -0.15) is 0 Å². The predicted octanol–water partition coefficient (Wildman–Crippen LogP) is 2.65. The Morgan fingerprint density at radius 3 is 2.13 bits per heavy atom. The maximum Gasteiger partial charge on any atom is 0.222 e. The van der Waals surface area contributed by atoms with Crippen LogP contribution in [0, 0.1) is 11.3 Å². The predicted molar refractivity (Wildman–Crippen MR) is 92.2 cm³/mol. The van der Waals surface area contributed by atoms with Crippen molar-refractivity contribution in [2.45, 2.75) is 77.4 Å². The number of carbonyl (C=O) groups excluding carboxylic acids is 1. The van der Waals surface area contributed by atoms with E-state index in [1.54, 1.807) is 0 Å². The quantitative estimate of drug-likeness (QED) is 0.869. The second-order valence-corrected chi connectivity index (χ2v) is 8.71.